The lowest BCUT2D eigenvalue weighted by atomic mass is 10.0. The highest BCUT2D eigenvalue weighted by Gasteiger charge is 2.19. The van der Waals surface area contributed by atoms with Gasteiger partial charge in [0.2, 0.25) is 0 Å². The molecule has 2 atom stereocenters. The van der Waals surface area contributed by atoms with Crippen molar-refractivity contribution in [3.8, 4) is 0 Å². The third kappa shape index (κ3) is 4.16. The number of nitrogens with zero attached hydrogens (tertiary/aromatic N) is 1. The van der Waals surface area contributed by atoms with Gasteiger partial charge in [0.05, 0.1) is 12.1 Å². The molecule has 1 amide bonds. The Hall–Kier alpha value is -1.69. The summed E-state index contributed by atoms with van der Waals surface area (Å²) in [6.07, 6.45) is -0.975. The van der Waals surface area contributed by atoms with E-state index in [1.807, 2.05) is 0 Å². The number of aromatic nitrogens is 1. The summed E-state index contributed by atoms with van der Waals surface area (Å²) in [4.78, 5) is 15.9. The molecule has 2 N–H and O–H groups in total. The normalized spacial score (nSPS) is 13.5. The first kappa shape index (κ1) is 16.7. The van der Waals surface area contributed by atoms with Crippen molar-refractivity contribution in [2.45, 2.75) is 19.1 Å². The Labute approximate surface area is 136 Å². The molecular weight excluding hydrogens is 330 g/mol. The molecule has 0 fully saturated rings. The van der Waals surface area contributed by atoms with Crippen LogP contribution in [0, 0.1) is 5.82 Å². The molecule has 2 aromatic rings. The molecule has 2 unspecified atom stereocenters. The molecule has 7 heteroatoms. The van der Waals surface area contributed by atoms with E-state index in [2.05, 4.69) is 10.3 Å². The van der Waals surface area contributed by atoms with Crippen molar-refractivity contribution in [1.82, 2.24) is 10.3 Å². The van der Waals surface area contributed by atoms with Crippen LogP contribution in [0.25, 0.3) is 0 Å². The molecule has 1 heterocycles. The SMILES string of the molecule is CC(NC(=O)c1cc(Cl)nc(Cl)c1)C(O)c1ccc(F)cc1. The number of benzene rings is 1. The number of hydrogen-bond acceptors (Lipinski definition) is 3. The molecule has 0 aliphatic heterocycles. The Kier molecular flexibility index (Phi) is 5.34. The van der Waals surface area contributed by atoms with Gasteiger partial charge in [0.1, 0.15) is 16.1 Å². The molecule has 0 saturated carbocycles. The fourth-order valence-electron chi connectivity index (χ4n) is 1.91. The van der Waals surface area contributed by atoms with Gasteiger partial charge in [-0.1, -0.05) is 35.3 Å². The summed E-state index contributed by atoms with van der Waals surface area (Å²) >= 11 is 11.5. The standard InChI is InChI=1S/C15H13Cl2FN2O2/c1-8(14(21)9-2-4-11(18)5-3-9)19-15(22)10-6-12(16)20-13(17)7-10/h2-8,14,21H,1H3,(H,19,22). The summed E-state index contributed by atoms with van der Waals surface area (Å²) in [5.41, 5.74) is 0.739. The molecule has 0 aliphatic carbocycles. The fraction of sp³-hybridized carbons (Fsp3) is 0.200. The fourth-order valence-corrected chi connectivity index (χ4v) is 2.37. The van der Waals surface area contributed by atoms with Gasteiger partial charge in [0, 0.05) is 5.56 Å². The second-order valence-corrected chi connectivity index (χ2v) is 5.53. The Morgan fingerprint density at radius 3 is 2.32 bits per heavy atom. The molecule has 0 spiro atoms. The molecule has 4 nitrogen and oxygen atoms in total. The number of amides is 1. The molecule has 1 aromatic heterocycles. The lowest BCUT2D eigenvalue weighted by molar-refractivity contribution is 0.0852. The molecule has 116 valence electrons. The highest BCUT2D eigenvalue weighted by atomic mass is 35.5. The Balaban J connectivity index is 2.08. The van der Waals surface area contributed by atoms with Crippen LogP contribution in [0.4, 0.5) is 4.39 Å². The summed E-state index contributed by atoms with van der Waals surface area (Å²) in [5, 5.41) is 13.0. The zero-order valence-electron chi connectivity index (χ0n) is 11.6. The predicted molar refractivity (Wildman–Crippen MR) is 82.5 cm³/mol. The van der Waals surface area contributed by atoms with Crippen LogP contribution in [0.5, 0.6) is 0 Å². The summed E-state index contributed by atoms with van der Waals surface area (Å²) in [6.45, 7) is 1.64. The van der Waals surface area contributed by atoms with Gasteiger partial charge >= 0.3 is 0 Å². The van der Waals surface area contributed by atoms with Gasteiger partial charge in [-0.2, -0.15) is 0 Å². The number of aliphatic hydroxyl groups excluding tert-OH is 1. The van der Waals surface area contributed by atoms with Crippen LogP contribution in [0.1, 0.15) is 28.9 Å². The number of nitrogens with one attached hydrogen (secondary N) is 1. The topological polar surface area (TPSA) is 62.2 Å². The van der Waals surface area contributed by atoms with Crippen molar-refractivity contribution in [2.24, 2.45) is 0 Å². The minimum absolute atomic E-state index is 0.101. The molecule has 2 rings (SSSR count). The quantitative estimate of drug-likeness (QED) is 0.837. The van der Waals surface area contributed by atoms with Gasteiger partial charge in [-0.15, -0.1) is 0 Å². The van der Waals surface area contributed by atoms with Crippen LogP contribution in [0.15, 0.2) is 36.4 Å². The van der Waals surface area contributed by atoms with Crippen LogP contribution in [0.2, 0.25) is 10.3 Å². The van der Waals surface area contributed by atoms with Gasteiger partial charge in [0.25, 0.3) is 5.91 Å². The van der Waals surface area contributed by atoms with Gasteiger partial charge in [-0.3, -0.25) is 4.79 Å². The second kappa shape index (κ2) is 7.05. The maximum atomic E-state index is 12.9. The van der Waals surface area contributed by atoms with Crippen molar-refractivity contribution in [3.05, 3.63) is 63.6 Å². The minimum Gasteiger partial charge on any atom is -0.386 e. The van der Waals surface area contributed by atoms with E-state index < -0.39 is 23.9 Å². The number of aliphatic hydroxyl groups is 1. The van der Waals surface area contributed by atoms with Gasteiger partial charge in [0.15, 0.2) is 0 Å². The third-order valence-electron chi connectivity index (χ3n) is 3.07. The maximum absolute atomic E-state index is 12.9. The number of rotatable bonds is 4. The van der Waals surface area contributed by atoms with Gasteiger partial charge in [-0.05, 0) is 36.8 Å². The first-order valence-electron chi connectivity index (χ1n) is 6.44. The zero-order valence-corrected chi connectivity index (χ0v) is 13.1. The van der Waals surface area contributed by atoms with Crippen LogP contribution < -0.4 is 5.32 Å². The van der Waals surface area contributed by atoms with Crippen molar-refractivity contribution < 1.29 is 14.3 Å². The van der Waals surface area contributed by atoms with Gasteiger partial charge in [-0.25, -0.2) is 9.37 Å². The summed E-state index contributed by atoms with van der Waals surface area (Å²) in [5.74, 6) is -0.839. The lowest BCUT2D eigenvalue weighted by Gasteiger charge is -2.20. The van der Waals surface area contributed by atoms with Crippen LogP contribution >= 0.6 is 23.2 Å². The smallest absolute Gasteiger partial charge is 0.251 e. The first-order chi connectivity index (χ1) is 10.4. The average Bonchev–Trinajstić information content (AvgIpc) is 2.46. The highest BCUT2D eigenvalue weighted by Crippen LogP contribution is 2.19. The van der Waals surface area contributed by atoms with E-state index in [0.717, 1.165) is 0 Å². The average molecular weight is 343 g/mol. The molecule has 1 aromatic carbocycles. The molecule has 22 heavy (non-hydrogen) atoms. The molecular formula is C15H13Cl2FN2O2. The number of halogens is 3. The molecule has 0 saturated heterocycles. The van der Waals surface area contributed by atoms with Crippen LogP contribution in [-0.4, -0.2) is 22.0 Å². The predicted octanol–water partition coefficient (Wildman–Crippen LogP) is 3.38. The molecule has 0 aliphatic rings. The largest absolute Gasteiger partial charge is 0.386 e. The summed E-state index contributed by atoms with van der Waals surface area (Å²) < 4.78 is 12.9. The molecule has 0 radical (unpaired) electrons. The van der Waals surface area contributed by atoms with Gasteiger partial charge < -0.3 is 10.4 Å². The van der Waals surface area contributed by atoms with Crippen molar-refractivity contribution in [3.63, 3.8) is 0 Å². The number of carbonyl (C=O) groups is 1. The van der Waals surface area contributed by atoms with E-state index in [1.165, 1.54) is 36.4 Å². The van der Waals surface area contributed by atoms with E-state index in [4.69, 9.17) is 23.2 Å². The van der Waals surface area contributed by atoms with E-state index in [1.54, 1.807) is 6.92 Å². The van der Waals surface area contributed by atoms with E-state index in [0.29, 0.717) is 5.56 Å². The van der Waals surface area contributed by atoms with Crippen molar-refractivity contribution in [1.29, 1.82) is 0 Å². The Morgan fingerprint density at radius 1 is 1.23 bits per heavy atom. The lowest BCUT2D eigenvalue weighted by Crippen LogP contribution is -2.37. The minimum atomic E-state index is -0.975. The number of carbonyl (C=O) groups excluding carboxylic acids is 1. The molecule has 0 bridgehead atoms. The van der Waals surface area contributed by atoms with E-state index >= 15 is 0 Å². The van der Waals surface area contributed by atoms with Crippen molar-refractivity contribution in [2.75, 3.05) is 0 Å². The second-order valence-electron chi connectivity index (χ2n) is 4.76. The number of hydrogen-bond donors (Lipinski definition) is 2. The van der Waals surface area contributed by atoms with E-state index in [9.17, 15) is 14.3 Å². The zero-order chi connectivity index (χ0) is 16.3. The van der Waals surface area contributed by atoms with Crippen LogP contribution in [-0.2, 0) is 0 Å². The van der Waals surface area contributed by atoms with E-state index in [-0.39, 0.29) is 15.9 Å². The first-order valence-corrected chi connectivity index (χ1v) is 7.20. The summed E-state index contributed by atoms with van der Waals surface area (Å²) in [7, 11) is 0. The maximum Gasteiger partial charge on any atom is 0.251 e. The summed E-state index contributed by atoms with van der Waals surface area (Å²) in [6, 6.07) is 7.57. The monoisotopic (exact) mass is 342 g/mol. The van der Waals surface area contributed by atoms with Crippen molar-refractivity contribution >= 4 is 29.1 Å². The number of pyridine rings is 1. The highest BCUT2D eigenvalue weighted by molar-refractivity contribution is 6.33. The third-order valence-corrected chi connectivity index (χ3v) is 3.46. The Morgan fingerprint density at radius 2 is 1.77 bits per heavy atom. The Bertz CT molecular complexity index is 659. The van der Waals surface area contributed by atoms with Crippen LogP contribution in [0.3, 0.4) is 0 Å².